The molecule has 0 spiro atoms. The normalized spacial score (nSPS) is 18.1. The van der Waals surface area contributed by atoms with E-state index < -0.39 is 0 Å². The summed E-state index contributed by atoms with van der Waals surface area (Å²) in [7, 11) is 1.59. The van der Waals surface area contributed by atoms with Gasteiger partial charge in [0.05, 0.1) is 23.3 Å². The lowest BCUT2D eigenvalue weighted by atomic mass is 10.1. The summed E-state index contributed by atoms with van der Waals surface area (Å²) >= 11 is 0. The zero-order valence-electron chi connectivity index (χ0n) is 18.1. The molecule has 2 aliphatic heterocycles. The molecule has 1 atom stereocenters. The molecule has 5 heterocycles. The highest BCUT2D eigenvalue weighted by molar-refractivity contribution is 5.92. The Bertz CT molecular complexity index is 1440. The van der Waals surface area contributed by atoms with Gasteiger partial charge in [0.15, 0.2) is 0 Å². The van der Waals surface area contributed by atoms with Gasteiger partial charge in [-0.25, -0.2) is 9.50 Å². The summed E-state index contributed by atoms with van der Waals surface area (Å²) in [5.41, 5.74) is 4.48. The first-order valence-corrected chi connectivity index (χ1v) is 10.9. The summed E-state index contributed by atoms with van der Waals surface area (Å²) in [4.78, 5) is 36.3. The molecule has 168 valence electrons. The molecule has 2 N–H and O–H groups in total. The SMILES string of the molecule is CNC(=O)c1ccc2c(n1)OC[C@H]1CN(Cc3ccc4c(c3)[nH]c(=O)c3ccnn34)CCN21. The van der Waals surface area contributed by atoms with Crippen molar-refractivity contribution in [1.29, 1.82) is 0 Å². The summed E-state index contributed by atoms with van der Waals surface area (Å²) in [5, 5.41) is 6.87. The Labute approximate surface area is 188 Å². The standard InChI is InChI=1S/C23H23N7O3/c1-24-21(31)16-3-5-20-23(27-16)33-13-15-12-28(8-9-29(15)20)11-14-2-4-18-17(10-14)26-22(32)19-6-7-25-30(18)19/h2-7,10,15H,8-9,11-13H2,1H3,(H,24,31)(H,26,32)/t15-/m1/s1. The van der Waals surface area contributed by atoms with E-state index >= 15 is 0 Å². The van der Waals surface area contributed by atoms with E-state index in [1.807, 2.05) is 18.2 Å². The van der Waals surface area contributed by atoms with E-state index in [1.165, 1.54) is 0 Å². The lowest BCUT2D eigenvalue weighted by Gasteiger charge is -2.45. The summed E-state index contributed by atoms with van der Waals surface area (Å²) in [5.74, 6) is 0.294. The zero-order chi connectivity index (χ0) is 22.5. The average Bonchev–Trinajstić information content (AvgIpc) is 3.34. The molecule has 4 aromatic rings. The van der Waals surface area contributed by atoms with Gasteiger partial charge in [0.2, 0.25) is 5.88 Å². The first-order valence-electron chi connectivity index (χ1n) is 10.9. The highest BCUT2D eigenvalue weighted by Crippen LogP contribution is 2.34. The van der Waals surface area contributed by atoms with Gasteiger partial charge in [0.1, 0.15) is 23.5 Å². The van der Waals surface area contributed by atoms with Crippen LogP contribution >= 0.6 is 0 Å². The Balaban J connectivity index is 1.20. The molecule has 1 aromatic carbocycles. The summed E-state index contributed by atoms with van der Waals surface area (Å²) in [6.07, 6.45) is 1.64. The van der Waals surface area contributed by atoms with Crippen LogP contribution < -0.4 is 20.5 Å². The second kappa shape index (κ2) is 7.59. The number of aromatic nitrogens is 4. The molecule has 1 saturated heterocycles. The van der Waals surface area contributed by atoms with Crippen LogP contribution in [0, 0.1) is 0 Å². The number of ether oxygens (including phenoxy) is 1. The van der Waals surface area contributed by atoms with Crippen LogP contribution in [-0.2, 0) is 6.54 Å². The van der Waals surface area contributed by atoms with Gasteiger partial charge in [-0.3, -0.25) is 14.5 Å². The second-order valence-corrected chi connectivity index (χ2v) is 8.43. The molecule has 2 aliphatic rings. The number of carbonyl (C=O) groups excluding carboxylic acids is 1. The highest BCUT2D eigenvalue weighted by Gasteiger charge is 2.34. The number of amides is 1. The van der Waals surface area contributed by atoms with Crippen molar-refractivity contribution in [3.63, 3.8) is 0 Å². The number of pyridine rings is 1. The monoisotopic (exact) mass is 445 g/mol. The van der Waals surface area contributed by atoms with Crippen molar-refractivity contribution >= 4 is 28.1 Å². The molecule has 3 aromatic heterocycles. The quantitative estimate of drug-likeness (QED) is 0.485. The number of rotatable bonds is 3. The van der Waals surface area contributed by atoms with Crippen molar-refractivity contribution in [2.24, 2.45) is 0 Å². The lowest BCUT2D eigenvalue weighted by molar-refractivity contribution is 0.0956. The van der Waals surface area contributed by atoms with E-state index in [0.717, 1.165) is 48.5 Å². The number of piperazine rings is 1. The number of carbonyl (C=O) groups is 1. The molecule has 0 radical (unpaired) electrons. The Morgan fingerprint density at radius 1 is 1.21 bits per heavy atom. The Kier molecular flexibility index (Phi) is 4.54. The minimum Gasteiger partial charge on any atom is -0.474 e. The maximum Gasteiger partial charge on any atom is 0.274 e. The Morgan fingerprint density at radius 2 is 2.12 bits per heavy atom. The minimum absolute atomic E-state index is 0.142. The van der Waals surface area contributed by atoms with Crippen LogP contribution in [0.4, 0.5) is 5.69 Å². The van der Waals surface area contributed by atoms with Crippen LogP contribution in [0.25, 0.3) is 16.6 Å². The summed E-state index contributed by atoms with van der Waals surface area (Å²) in [6, 6.07) is 11.7. The molecular weight excluding hydrogens is 422 g/mol. The lowest BCUT2D eigenvalue weighted by Crippen LogP contribution is -2.57. The Morgan fingerprint density at radius 3 is 3.00 bits per heavy atom. The van der Waals surface area contributed by atoms with Crippen LogP contribution in [0.15, 0.2) is 47.4 Å². The maximum absolute atomic E-state index is 12.3. The van der Waals surface area contributed by atoms with E-state index in [-0.39, 0.29) is 17.5 Å². The third-order valence-corrected chi connectivity index (χ3v) is 6.41. The number of H-pyrrole nitrogens is 1. The van der Waals surface area contributed by atoms with Gasteiger partial charge in [0, 0.05) is 33.2 Å². The molecule has 1 amide bonds. The van der Waals surface area contributed by atoms with Gasteiger partial charge in [-0.05, 0) is 35.9 Å². The van der Waals surface area contributed by atoms with Crippen LogP contribution in [-0.4, -0.2) is 69.7 Å². The molecular formula is C23H23N7O3. The van der Waals surface area contributed by atoms with Gasteiger partial charge >= 0.3 is 0 Å². The van der Waals surface area contributed by atoms with E-state index in [1.54, 1.807) is 29.9 Å². The predicted octanol–water partition coefficient (Wildman–Crippen LogP) is 1.01. The molecule has 10 heteroatoms. The van der Waals surface area contributed by atoms with Crippen molar-refractivity contribution in [3.8, 4) is 5.88 Å². The summed E-state index contributed by atoms with van der Waals surface area (Å²) in [6.45, 7) is 3.89. The molecule has 33 heavy (non-hydrogen) atoms. The Hall–Kier alpha value is -3.92. The fourth-order valence-electron chi connectivity index (χ4n) is 4.79. The molecule has 0 unspecified atom stereocenters. The van der Waals surface area contributed by atoms with Crippen LogP contribution in [0.3, 0.4) is 0 Å². The van der Waals surface area contributed by atoms with E-state index in [2.05, 4.69) is 36.2 Å². The van der Waals surface area contributed by atoms with Gasteiger partial charge in [-0.1, -0.05) is 6.07 Å². The first kappa shape index (κ1) is 19.7. The first-order chi connectivity index (χ1) is 16.1. The summed E-state index contributed by atoms with van der Waals surface area (Å²) < 4.78 is 7.60. The van der Waals surface area contributed by atoms with Crippen molar-refractivity contribution in [1.82, 2.24) is 29.8 Å². The van der Waals surface area contributed by atoms with Gasteiger partial charge in [-0.15, -0.1) is 0 Å². The largest absolute Gasteiger partial charge is 0.474 e. The van der Waals surface area contributed by atoms with Crippen LogP contribution in [0.2, 0.25) is 0 Å². The van der Waals surface area contributed by atoms with E-state index in [4.69, 9.17) is 4.74 Å². The number of anilines is 1. The van der Waals surface area contributed by atoms with E-state index in [9.17, 15) is 9.59 Å². The number of hydrogen-bond acceptors (Lipinski definition) is 7. The topological polar surface area (TPSA) is 108 Å². The molecule has 1 fully saturated rings. The molecule has 6 rings (SSSR count). The third-order valence-electron chi connectivity index (χ3n) is 6.41. The maximum atomic E-state index is 12.3. The molecule has 0 bridgehead atoms. The van der Waals surface area contributed by atoms with Gasteiger partial charge in [0.25, 0.3) is 11.5 Å². The van der Waals surface area contributed by atoms with Crippen molar-refractivity contribution in [2.45, 2.75) is 12.6 Å². The number of fused-ring (bicyclic) bond motifs is 6. The smallest absolute Gasteiger partial charge is 0.274 e. The second-order valence-electron chi connectivity index (χ2n) is 8.43. The van der Waals surface area contributed by atoms with E-state index in [0.29, 0.717) is 23.7 Å². The number of nitrogens with zero attached hydrogens (tertiary/aromatic N) is 5. The van der Waals surface area contributed by atoms with Crippen molar-refractivity contribution < 1.29 is 9.53 Å². The number of hydrogen-bond donors (Lipinski definition) is 2. The highest BCUT2D eigenvalue weighted by atomic mass is 16.5. The minimum atomic E-state index is -0.224. The third kappa shape index (κ3) is 3.30. The van der Waals surface area contributed by atoms with Gasteiger partial charge < -0.3 is 19.9 Å². The number of nitrogens with one attached hydrogen (secondary N) is 2. The number of aromatic amines is 1. The van der Waals surface area contributed by atoms with Crippen LogP contribution in [0.1, 0.15) is 16.1 Å². The fourth-order valence-corrected chi connectivity index (χ4v) is 4.79. The molecule has 0 aliphatic carbocycles. The average molecular weight is 445 g/mol. The zero-order valence-corrected chi connectivity index (χ0v) is 18.1. The van der Waals surface area contributed by atoms with Crippen molar-refractivity contribution in [2.75, 3.05) is 38.2 Å². The number of benzene rings is 1. The predicted molar refractivity (Wildman–Crippen MR) is 123 cm³/mol. The van der Waals surface area contributed by atoms with Gasteiger partial charge in [-0.2, -0.15) is 5.10 Å². The van der Waals surface area contributed by atoms with Crippen molar-refractivity contribution in [3.05, 3.63) is 64.2 Å². The van der Waals surface area contributed by atoms with Crippen LogP contribution in [0.5, 0.6) is 5.88 Å². The molecule has 0 saturated carbocycles. The molecule has 10 nitrogen and oxygen atoms in total. The fraction of sp³-hybridized carbons (Fsp3) is 0.304.